The van der Waals surface area contributed by atoms with Crippen molar-refractivity contribution >= 4 is 28.8 Å². The first-order chi connectivity index (χ1) is 7.88. The van der Waals surface area contributed by atoms with Gasteiger partial charge in [-0.25, -0.2) is 0 Å². The van der Waals surface area contributed by atoms with Crippen molar-refractivity contribution in [3.05, 3.63) is 54.6 Å². The summed E-state index contributed by atoms with van der Waals surface area (Å²) in [5.41, 5.74) is 2.46. The lowest BCUT2D eigenvalue weighted by atomic mass is 10.3. The van der Waals surface area contributed by atoms with Gasteiger partial charge in [0.15, 0.2) is 0 Å². The second kappa shape index (κ2) is 5.28. The molecule has 0 radical (unpaired) electrons. The number of halogens is 1. The quantitative estimate of drug-likeness (QED) is 0.605. The summed E-state index contributed by atoms with van der Waals surface area (Å²) in [6.45, 7) is 0. The molecule has 3 nitrogen and oxygen atoms in total. The first-order valence-corrected chi connectivity index (χ1v) is 5.20. The van der Waals surface area contributed by atoms with Gasteiger partial charge in [-0.15, -0.1) is 0 Å². The highest BCUT2D eigenvalue weighted by atomic mass is 35.5. The van der Waals surface area contributed by atoms with Crippen molar-refractivity contribution < 1.29 is 0 Å². The molecule has 0 fully saturated rings. The Kier molecular flexibility index (Phi) is 3.51. The summed E-state index contributed by atoms with van der Waals surface area (Å²) in [4.78, 5) is 2.53. The fraction of sp³-hybridized carbons (Fsp3) is 0. The molecule has 0 amide bonds. The smallest absolute Gasteiger partial charge is 0.0858 e. The minimum absolute atomic E-state index is 0.791. The van der Waals surface area contributed by atoms with Crippen molar-refractivity contribution in [3.63, 3.8) is 0 Å². The van der Waals surface area contributed by atoms with Crippen molar-refractivity contribution in [2.75, 3.05) is 4.84 Å². The Balaban J connectivity index is 2.12. The number of hydrogen-bond acceptors (Lipinski definition) is 3. The Bertz CT molecular complexity index is 465. The molecule has 0 bridgehead atoms. The van der Waals surface area contributed by atoms with Crippen LogP contribution in [0, 0.1) is 0 Å². The van der Waals surface area contributed by atoms with E-state index in [1.807, 2.05) is 54.6 Å². The van der Waals surface area contributed by atoms with E-state index in [2.05, 4.69) is 15.1 Å². The van der Waals surface area contributed by atoms with Gasteiger partial charge in [-0.3, -0.25) is 4.84 Å². The Morgan fingerprint density at radius 3 is 1.88 bits per heavy atom. The fourth-order valence-electron chi connectivity index (χ4n) is 1.20. The molecule has 0 aliphatic heterocycles. The summed E-state index contributed by atoms with van der Waals surface area (Å²) in [5.74, 6) is 0. The van der Waals surface area contributed by atoms with Crippen molar-refractivity contribution in [1.82, 2.24) is 0 Å². The van der Waals surface area contributed by atoms with E-state index in [0.717, 1.165) is 17.1 Å². The van der Waals surface area contributed by atoms with Crippen molar-refractivity contribution in [2.24, 2.45) is 10.2 Å². The zero-order chi connectivity index (χ0) is 11.2. The molecule has 0 heterocycles. The minimum Gasteiger partial charge on any atom is -0.299 e. The Hall–Kier alpha value is -1.87. The van der Waals surface area contributed by atoms with Crippen molar-refractivity contribution in [3.8, 4) is 0 Å². The van der Waals surface area contributed by atoms with Gasteiger partial charge >= 0.3 is 0 Å². The lowest BCUT2D eigenvalue weighted by Crippen LogP contribution is -1.76. The van der Waals surface area contributed by atoms with Crippen LogP contribution >= 0.6 is 11.8 Å². The molecule has 80 valence electrons. The lowest BCUT2D eigenvalue weighted by molar-refractivity contribution is 1.23. The van der Waals surface area contributed by atoms with Crippen molar-refractivity contribution in [2.45, 2.75) is 0 Å². The molecule has 4 heteroatoms. The molecule has 0 spiro atoms. The number of nitrogens with zero attached hydrogens (tertiary/aromatic N) is 2. The molecular weight excluding hydrogens is 222 g/mol. The van der Waals surface area contributed by atoms with Crippen LogP contribution in [-0.4, -0.2) is 0 Å². The Morgan fingerprint density at radius 2 is 1.31 bits per heavy atom. The van der Waals surface area contributed by atoms with Crippen LogP contribution in [0.2, 0.25) is 0 Å². The predicted molar refractivity (Wildman–Crippen MR) is 66.5 cm³/mol. The average Bonchev–Trinajstić information content (AvgIpc) is 2.38. The highest BCUT2D eigenvalue weighted by Crippen LogP contribution is 2.20. The third-order valence-corrected chi connectivity index (χ3v) is 2.23. The van der Waals surface area contributed by atoms with Gasteiger partial charge in [-0.2, -0.15) is 10.2 Å². The van der Waals surface area contributed by atoms with Crippen molar-refractivity contribution in [1.29, 1.82) is 0 Å². The maximum atomic E-state index is 5.45. The van der Waals surface area contributed by atoms with E-state index in [1.54, 1.807) is 0 Å². The number of benzene rings is 2. The van der Waals surface area contributed by atoms with Gasteiger partial charge in [-0.1, -0.05) is 18.2 Å². The van der Waals surface area contributed by atoms with Crippen LogP contribution in [0.5, 0.6) is 0 Å². The van der Waals surface area contributed by atoms with Gasteiger partial charge in [0.05, 0.1) is 11.4 Å². The van der Waals surface area contributed by atoms with E-state index in [1.165, 1.54) is 0 Å². The van der Waals surface area contributed by atoms with Crippen LogP contribution in [0.1, 0.15) is 0 Å². The molecule has 2 aromatic carbocycles. The Labute approximate surface area is 98.9 Å². The molecule has 0 aliphatic carbocycles. The molecule has 2 rings (SSSR count). The second-order valence-corrected chi connectivity index (χ2v) is 3.37. The topological polar surface area (TPSA) is 36.8 Å². The van der Waals surface area contributed by atoms with Crippen LogP contribution in [0.4, 0.5) is 17.1 Å². The lowest BCUT2D eigenvalue weighted by Gasteiger charge is -1.96. The molecule has 0 atom stereocenters. The van der Waals surface area contributed by atoms with Crippen LogP contribution < -0.4 is 4.84 Å². The summed E-state index contributed by atoms with van der Waals surface area (Å²) in [7, 11) is 0. The summed E-state index contributed by atoms with van der Waals surface area (Å²) >= 11 is 5.45. The number of hydrogen-bond donors (Lipinski definition) is 1. The first kappa shape index (κ1) is 10.6. The monoisotopic (exact) mass is 231 g/mol. The molecule has 0 aliphatic rings. The van der Waals surface area contributed by atoms with E-state index in [-0.39, 0.29) is 0 Å². The maximum absolute atomic E-state index is 5.45. The summed E-state index contributed by atoms with van der Waals surface area (Å²) in [6, 6.07) is 17.0. The van der Waals surface area contributed by atoms with E-state index in [0.29, 0.717) is 0 Å². The molecule has 0 aromatic heterocycles. The third-order valence-electron chi connectivity index (χ3n) is 2.01. The fourth-order valence-corrected chi connectivity index (χ4v) is 1.33. The van der Waals surface area contributed by atoms with Gasteiger partial charge in [0.1, 0.15) is 0 Å². The molecule has 0 saturated carbocycles. The first-order valence-electron chi connectivity index (χ1n) is 4.82. The van der Waals surface area contributed by atoms with E-state index in [4.69, 9.17) is 11.8 Å². The highest BCUT2D eigenvalue weighted by molar-refractivity contribution is 6.23. The number of azo groups is 1. The van der Waals surface area contributed by atoms with Crippen LogP contribution in [-0.2, 0) is 0 Å². The second-order valence-electron chi connectivity index (χ2n) is 3.18. The summed E-state index contributed by atoms with van der Waals surface area (Å²) in [5, 5.41) is 8.21. The van der Waals surface area contributed by atoms with E-state index >= 15 is 0 Å². The zero-order valence-electron chi connectivity index (χ0n) is 8.47. The van der Waals surface area contributed by atoms with Gasteiger partial charge in [0.2, 0.25) is 0 Å². The average molecular weight is 232 g/mol. The number of anilines is 1. The van der Waals surface area contributed by atoms with E-state index < -0.39 is 0 Å². The number of rotatable bonds is 3. The largest absolute Gasteiger partial charge is 0.299 e. The third kappa shape index (κ3) is 2.81. The maximum Gasteiger partial charge on any atom is 0.0858 e. The molecule has 0 saturated heterocycles. The van der Waals surface area contributed by atoms with Crippen LogP contribution in [0.15, 0.2) is 64.8 Å². The predicted octanol–water partition coefficient (Wildman–Crippen LogP) is 4.67. The summed E-state index contributed by atoms with van der Waals surface area (Å²) in [6.07, 6.45) is 0. The van der Waals surface area contributed by atoms with Gasteiger partial charge in [-0.05, 0) is 36.4 Å². The number of nitrogens with one attached hydrogen (secondary N) is 1. The van der Waals surface area contributed by atoms with Gasteiger partial charge in [0.25, 0.3) is 0 Å². The summed E-state index contributed by atoms with van der Waals surface area (Å²) < 4.78 is 0. The van der Waals surface area contributed by atoms with Gasteiger partial charge in [0, 0.05) is 17.5 Å². The molecule has 0 unspecified atom stereocenters. The minimum atomic E-state index is 0.791. The highest BCUT2D eigenvalue weighted by Gasteiger charge is 1.91. The molecule has 2 aromatic rings. The zero-order valence-corrected chi connectivity index (χ0v) is 9.22. The SMILES string of the molecule is ClNc1ccc(/N=N/c2ccccc2)cc1. The molecule has 1 N–H and O–H groups in total. The van der Waals surface area contributed by atoms with Crippen LogP contribution in [0.25, 0.3) is 0 Å². The van der Waals surface area contributed by atoms with Crippen LogP contribution in [0.3, 0.4) is 0 Å². The van der Waals surface area contributed by atoms with Gasteiger partial charge < -0.3 is 0 Å². The van der Waals surface area contributed by atoms with E-state index in [9.17, 15) is 0 Å². The normalized spacial score (nSPS) is 10.6. The molecular formula is C12H10ClN3. The standard InChI is InChI=1S/C12H10ClN3/c13-14-10-6-8-12(9-7-10)16-15-11-4-2-1-3-5-11/h1-9,14H/b16-15+. The molecule has 16 heavy (non-hydrogen) atoms. The Morgan fingerprint density at radius 1 is 0.750 bits per heavy atom.